The summed E-state index contributed by atoms with van der Waals surface area (Å²) in [6.45, 7) is 1.61. The zero-order valence-corrected chi connectivity index (χ0v) is 15.3. The third-order valence-electron chi connectivity index (χ3n) is 3.94. The Morgan fingerprint density at radius 3 is 2.17 bits per heavy atom. The predicted molar refractivity (Wildman–Crippen MR) is 94.6 cm³/mol. The summed E-state index contributed by atoms with van der Waals surface area (Å²) in [4.78, 5) is 14.5. The van der Waals surface area contributed by atoms with Crippen molar-refractivity contribution in [3.8, 4) is 5.75 Å². The van der Waals surface area contributed by atoms with Crippen molar-refractivity contribution in [1.29, 1.82) is 0 Å². The average Bonchev–Trinajstić information content (AvgIpc) is 2.80. The number of carbonyl (C=O) groups is 1. The lowest BCUT2D eigenvalue weighted by atomic mass is 10.2. The van der Waals surface area contributed by atoms with Gasteiger partial charge < -0.3 is 10.1 Å². The van der Waals surface area contributed by atoms with Crippen LogP contribution in [0.2, 0.25) is 0 Å². The lowest BCUT2D eigenvalue weighted by Gasteiger charge is -2.35. The Morgan fingerprint density at radius 2 is 1.70 bits per heavy atom. The number of ether oxygens (including phenoxy) is 1. The molecule has 1 fully saturated rings. The number of benzene rings is 1. The fraction of sp³-hybridized carbons (Fsp3) is 0.562. The van der Waals surface area contributed by atoms with Gasteiger partial charge in [-0.1, -0.05) is 47.6 Å². The van der Waals surface area contributed by atoms with Crippen molar-refractivity contribution in [3.05, 3.63) is 29.8 Å². The molecule has 1 aromatic carbocycles. The fourth-order valence-corrected chi connectivity index (χ4v) is 3.26. The SMILES string of the molecule is COc1ccc(C(=O)NC(N2CCCCCC2)C(Cl)(Cl)Cl)cc1. The van der Waals surface area contributed by atoms with Crippen LogP contribution in [0.25, 0.3) is 0 Å². The minimum absolute atomic E-state index is 0.270. The maximum absolute atomic E-state index is 12.5. The number of hydrogen-bond acceptors (Lipinski definition) is 3. The van der Waals surface area contributed by atoms with E-state index in [2.05, 4.69) is 5.32 Å². The van der Waals surface area contributed by atoms with Crippen LogP contribution in [-0.4, -0.2) is 41.0 Å². The largest absolute Gasteiger partial charge is 0.497 e. The summed E-state index contributed by atoms with van der Waals surface area (Å²) >= 11 is 18.4. The average molecular weight is 380 g/mol. The van der Waals surface area contributed by atoms with Gasteiger partial charge in [-0.2, -0.15) is 0 Å². The quantitative estimate of drug-likeness (QED) is 0.804. The first-order valence-electron chi connectivity index (χ1n) is 7.67. The molecule has 1 aromatic rings. The number of likely N-dealkylation sites (tertiary alicyclic amines) is 1. The number of amides is 1. The normalized spacial score (nSPS) is 18.1. The van der Waals surface area contributed by atoms with Gasteiger partial charge in [0.05, 0.1) is 7.11 Å². The summed E-state index contributed by atoms with van der Waals surface area (Å²) in [5, 5.41) is 2.86. The molecule has 1 saturated heterocycles. The molecule has 0 bridgehead atoms. The number of nitrogens with zero attached hydrogens (tertiary/aromatic N) is 1. The van der Waals surface area contributed by atoms with E-state index in [4.69, 9.17) is 39.5 Å². The number of hydrogen-bond donors (Lipinski definition) is 1. The molecule has 0 radical (unpaired) electrons. The minimum atomic E-state index is -1.59. The van der Waals surface area contributed by atoms with Crippen molar-refractivity contribution in [3.63, 3.8) is 0 Å². The first kappa shape index (κ1) is 18.7. The molecule has 1 unspecified atom stereocenters. The van der Waals surface area contributed by atoms with Crippen LogP contribution < -0.4 is 10.1 Å². The standard InChI is InChI=1S/C16H21Cl3N2O2/c1-23-13-8-6-12(7-9-13)14(22)20-15(16(17,18)19)21-10-4-2-3-5-11-21/h6-9,15H,2-5,10-11H2,1H3,(H,20,22). The minimum Gasteiger partial charge on any atom is -0.497 e. The molecule has 0 saturated carbocycles. The van der Waals surface area contributed by atoms with Crippen molar-refractivity contribution in [1.82, 2.24) is 10.2 Å². The molecule has 1 aliphatic rings. The number of methoxy groups -OCH3 is 1. The third-order valence-corrected chi connectivity index (χ3v) is 4.56. The third kappa shape index (κ3) is 5.42. The molecule has 1 heterocycles. The lowest BCUT2D eigenvalue weighted by Crippen LogP contribution is -2.55. The van der Waals surface area contributed by atoms with Gasteiger partial charge in [-0.15, -0.1) is 0 Å². The Labute approximate surface area is 152 Å². The smallest absolute Gasteiger partial charge is 0.252 e. The van der Waals surface area contributed by atoms with Crippen LogP contribution in [-0.2, 0) is 0 Å². The van der Waals surface area contributed by atoms with Crippen molar-refractivity contribution < 1.29 is 9.53 Å². The Bertz CT molecular complexity index is 509. The van der Waals surface area contributed by atoms with Gasteiger partial charge in [0.2, 0.25) is 3.79 Å². The Kier molecular flexibility index (Phi) is 6.84. The molecule has 4 nitrogen and oxygen atoms in total. The van der Waals surface area contributed by atoms with Crippen LogP contribution in [0.1, 0.15) is 36.0 Å². The molecular formula is C16H21Cl3N2O2. The van der Waals surface area contributed by atoms with E-state index in [-0.39, 0.29) is 5.91 Å². The second-order valence-electron chi connectivity index (χ2n) is 5.60. The Hall–Kier alpha value is -0.680. The number of carbonyl (C=O) groups excluding carboxylic acids is 1. The number of alkyl halides is 3. The van der Waals surface area contributed by atoms with E-state index >= 15 is 0 Å². The van der Waals surface area contributed by atoms with Crippen LogP contribution >= 0.6 is 34.8 Å². The van der Waals surface area contributed by atoms with E-state index in [0.717, 1.165) is 38.8 Å². The molecule has 128 valence electrons. The highest BCUT2D eigenvalue weighted by atomic mass is 35.6. The monoisotopic (exact) mass is 378 g/mol. The summed E-state index contributed by atoms with van der Waals surface area (Å²) in [6, 6.07) is 6.83. The van der Waals surface area contributed by atoms with Crippen molar-refractivity contribution >= 4 is 40.7 Å². The van der Waals surface area contributed by atoms with E-state index < -0.39 is 9.96 Å². The zero-order valence-electron chi connectivity index (χ0n) is 13.0. The van der Waals surface area contributed by atoms with E-state index in [1.807, 2.05) is 4.90 Å². The molecule has 1 aliphatic heterocycles. The van der Waals surface area contributed by atoms with E-state index in [1.165, 1.54) is 0 Å². The van der Waals surface area contributed by atoms with E-state index in [0.29, 0.717) is 11.3 Å². The summed E-state index contributed by atoms with van der Waals surface area (Å²) < 4.78 is 3.50. The molecule has 1 amide bonds. The first-order valence-corrected chi connectivity index (χ1v) is 8.81. The number of nitrogens with one attached hydrogen (secondary N) is 1. The van der Waals surface area contributed by atoms with Crippen LogP contribution in [0.5, 0.6) is 5.75 Å². The molecule has 0 spiro atoms. The zero-order chi connectivity index (χ0) is 16.9. The summed E-state index contributed by atoms with van der Waals surface area (Å²) in [7, 11) is 1.58. The maximum atomic E-state index is 12.5. The second-order valence-corrected chi connectivity index (χ2v) is 7.97. The summed E-state index contributed by atoms with van der Waals surface area (Å²) in [6.07, 6.45) is 3.75. The second kappa shape index (κ2) is 8.43. The molecule has 1 atom stereocenters. The highest BCUT2D eigenvalue weighted by Gasteiger charge is 2.38. The number of halogens is 3. The van der Waals surface area contributed by atoms with Gasteiger partial charge in [0.25, 0.3) is 5.91 Å². The first-order chi connectivity index (χ1) is 10.9. The molecule has 0 aliphatic carbocycles. The highest BCUT2D eigenvalue weighted by molar-refractivity contribution is 6.68. The molecule has 0 aromatic heterocycles. The maximum Gasteiger partial charge on any atom is 0.252 e. The van der Waals surface area contributed by atoms with Crippen LogP contribution in [0.3, 0.4) is 0 Å². The predicted octanol–water partition coefficient (Wildman–Crippen LogP) is 4.00. The Morgan fingerprint density at radius 1 is 1.13 bits per heavy atom. The van der Waals surface area contributed by atoms with Gasteiger partial charge in [0.1, 0.15) is 11.9 Å². The van der Waals surface area contributed by atoms with Gasteiger partial charge in [-0.3, -0.25) is 9.69 Å². The van der Waals surface area contributed by atoms with Gasteiger partial charge in [-0.05, 0) is 37.1 Å². The summed E-state index contributed by atoms with van der Waals surface area (Å²) in [5.74, 6) is 0.417. The molecule has 7 heteroatoms. The molecule has 23 heavy (non-hydrogen) atoms. The highest BCUT2D eigenvalue weighted by Crippen LogP contribution is 2.33. The topological polar surface area (TPSA) is 41.6 Å². The van der Waals surface area contributed by atoms with Crippen LogP contribution in [0.15, 0.2) is 24.3 Å². The lowest BCUT2D eigenvalue weighted by molar-refractivity contribution is 0.0853. The van der Waals surface area contributed by atoms with Crippen molar-refractivity contribution in [2.75, 3.05) is 20.2 Å². The van der Waals surface area contributed by atoms with Crippen LogP contribution in [0.4, 0.5) is 0 Å². The van der Waals surface area contributed by atoms with Gasteiger partial charge in [0.15, 0.2) is 0 Å². The fourth-order valence-electron chi connectivity index (χ4n) is 2.68. The van der Waals surface area contributed by atoms with Gasteiger partial charge >= 0.3 is 0 Å². The molecule has 1 N–H and O–H groups in total. The van der Waals surface area contributed by atoms with Crippen molar-refractivity contribution in [2.24, 2.45) is 0 Å². The van der Waals surface area contributed by atoms with Gasteiger partial charge in [0, 0.05) is 18.7 Å². The van der Waals surface area contributed by atoms with Crippen molar-refractivity contribution in [2.45, 2.75) is 35.6 Å². The molecule has 2 rings (SSSR count). The van der Waals surface area contributed by atoms with E-state index in [9.17, 15) is 4.79 Å². The van der Waals surface area contributed by atoms with Crippen LogP contribution in [0, 0.1) is 0 Å². The number of rotatable bonds is 4. The Balaban J connectivity index is 2.11. The summed E-state index contributed by atoms with van der Waals surface area (Å²) in [5.41, 5.74) is 0.500. The molecular weight excluding hydrogens is 359 g/mol. The van der Waals surface area contributed by atoms with Gasteiger partial charge in [-0.25, -0.2) is 0 Å². The van der Waals surface area contributed by atoms with E-state index in [1.54, 1.807) is 31.4 Å².